The molecule has 1 fully saturated rings. The average Bonchev–Trinajstić information content (AvgIpc) is 3.08. The lowest BCUT2D eigenvalue weighted by atomic mass is 9.91. The molecule has 1 atom stereocenters. The van der Waals surface area contributed by atoms with Gasteiger partial charge in [0, 0.05) is 38.3 Å². The summed E-state index contributed by atoms with van der Waals surface area (Å²) in [5.74, 6) is 0.909. The number of rotatable bonds is 5. The van der Waals surface area contributed by atoms with E-state index < -0.39 is 11.9 Å². The maximum atomic E-state index is 12.9. The van der Waals surface area contributed by atoms with Crippen LogP contribution < -0.4 is 5.32 Å². The Morgan fingerprint density at radius 3 is 2.72 bits per heavy atom. The molecular formula is C16H20F3N5O. The Bertz CT molecular complexity index is 697. The summed E-state index contributed by atoms with van der Waals surface area (Å²) in [5, 5.41) is 3.08. The summed E-state index contributed by atoms with van der Waals surface area (Å²) in [6, 6.07) is 0.587. The minimum absolute atomic E-state index is 0.0445. The van der Waals surface area contributed by atoms with Crippen molar-refractivity contribution in [2.75, 3.05) is 18.5 Å². The van der Waals surface area contributed by atoms with E-state index in [9.17, 15) is 13.2 Å². The largest absolute Gasteiger partial charge is 0.433 e. The molecule has 0 spiro atoms. The van der Waals surface area contributed by atoms with Crippen molar-refractivity contribution in [3.8, 4) is 0 Å². The zero-order chi connectivity index (χ0) is 17.9. The number of hydrogen-bond donors (Lipinski definition) is 1. The van der Waals surface area contributed by atoms with Gasteiger partial charge < -0.3 is 14.6 Å². The van der Waals surface area contributed by atoms with Gasteiger partial charge in [-0.2, -0.15) is 13.2 Å². The van der Waals surface area contributed by atoms with Crippen LogP contribution in [0.15, 0.2) is 24.7 Å². The third-order valence-electron chi connectivity index (χ3n) is 4.33. The lowest BCUT2D eigenvalue weighted by Crippen LogP contribution is -2.30. The molecule has 6 nitrogen and oxygen atoms in total. The lowest BCUT2D eigenvalue weighted by molar-refractivity contribution is -0.141. The average molecular weight is 355 g/mol. The third kappa shape index (κ3) is 4.09. The highest BCUT2D eigenvalue weighted by Gasteiger charge is 2.34. The molecule has 2 aromatic rings. The molecule has 0 aromatic carbocycles. The molecule has 2 aromatic heterocycles. The zero-order valence-corrected chi connectivity index (χ0v) is 13.8. The number of anilines is 1. The van der Waals surface area contributed by atoms with Crippen molar-refractivity contribution < 1.29 is 17.9 Å². The first-order chi connectivity index (χ1) is 12.0. The summed E-state index contributed by atoms with van der Waals surface area (Å²) in [6.07, 6.45) is 1.76. The Balaban J connectivity index is 1.90. The zero-order valence-electron chi connectivity index (χ0n) is 13.8. The number of halogens is 3. The summed E-state index contributed by atoms with van der Waals surface area (Å²) in [6.45, 7) is 3.96. The Morgan fingerprint density at radius 1 is 1.28 bits per heavy atom. The van der Waals surface area contributed by atoms with Crippen LogP contribution in [0.2, 0.25) is 0 Å². The highest BCUT2D eigenvalue weighted by molar-refractivity contribution is 5.30. The van der Waals surface area contributed by atoms with E-state index in [4.69, 9.17) is 4.74 Å². The molecule has 9 heteroatoms. The number of hydrogen-bond acceptors (Lipinski definition) is 5. The number of aromatic nitrogens is 4. The quantitative estimate of drug-likeness (QED) is 0.892. The molecule has 1 aliphatic heterocycles. The number of ether oxygens (including phenoxy) is 1. The molecule has 1 unspecified atom stereocenters. The lowest BCUT2D eigenvalue weighted by Gasteiger charge is -2.31. The monoisotopic (exact) mass is 355 g/mol. The van der Waals surface area contributed by atoms with Crippen molar-refractivity contribution in [1.82, 2.24) is 19.5 Å². The Kier molecular flexibility index (Phi) is 5.22. The molecule has 25 heavy (non-hydrogen) atoms. The van der Waals surface area contributed by atoms with E-state index in [1.54, 1.807) is 6.20 Å². The molecule has 1 N–H and O–H groups in total. The first-order valence-electron chi connectivity index (χ1n) is 8.24. The van der Waals surface area contributed by atoms with Gasteiger partial charge in [0.2, 0.25) is 5.95 Å². The predicted octanol–water partition coefficient (Wildman–Crippen LogP) is 3.29. The topological polar surface area (TPSA) is 64.9 Å². The number of nitrogens with zero attached hydrogens (tertiary/aromatic N) is 4. The van der Waals surface area contributed by atoms with E-state index in [1.165, 1.54) is 0 Å². The van der Waals surface area contributed by atoms with E-state index in [1.807, 2.05) is 17.7 Å². The summed E-state index contributed by atoms with van der Waals surface area (Å²) in [7, 11) is 0. The maximum absolute atomic E-state index is 12.9. The summed E-state index contributed by atoms with van der Waals surface area (Å²) < 4.78 is 46.1. The molecule has 0 radical (unpaired) electrons. The minimum atomic E-state index is -4.50. The van der Waals surface area contributed by atoms with Crippen LogP contribution in [0.3, 0.4) is 0 Å². The van der Waals surface area contributed by atoms with Gasteiger partial charge in [-0.05, 0) is 31.7 Å². The minimum Gasteiger partial charge on any atom is -0.381 e. The molecule has 0 aliphatic carbocycles. The van der Waals surface area contributed by atoms with Crippen LogP contribution in [0.4, 0.5) is 19.1 Å². The Morgan fingerprint density at radius 2 is 2.04 bits per heavy atom. The van der Waals surface area contributed by atoms with Gasteiger partial charge in [0.1, 0.15) is 11.5 Å². The Labute approximate surface area is 143 Å². The predicted molar refractivity (Wildman–Crippen MR) is 84.8 cm³/mol. The van der Waals surface area contributed by atoms with Crippen LogP contribution in [-0.2, 0) is 17.5 Å². The molecule has 1 saturated heterocycles. The second kappa shape index (κ2) is 7.38. The molecular weight excluding hydrogens is 335 g/mol. The second-order valence-electron chi connectivity index (χ2n) is 5.91. The van der Waals surface area contributed by atoms with Crippen molar-refractivity contribution in [2.45, 2.75) is 38.5 Å². The van der Waals surface area contributed by atoms with Crippen molar-refractivity contribution in [1.29, 1.82) is 0 Å². The van der Waals surface area contributed by atoms with Crippen molar-refractivity contribution in [3.05, 3.63) is 36.2 Å². The third-order valence-corrected chi connectivity index (χ3v) is 4.33. The highest BCUT2D eigenvalue weighted by Crippen LogP contribution is 2.33. The smallest absolute Gasteiger partial charge is 0.381 e. The molecule has 1 aliphatic rings. The van der Waals surface area contributed by atoms with Gasteiger partial charge in [0.05, 0.1) is 6.04 Å². The van der Waals surface area contributed by atoms with Gasteiger partial charge in [-0.3, -0.25) is 0 Å². The van der Waals surface area contributed by atoms with E-state index >= 15 is 0 Å². The number of imidazole rings is 1. The SMILES string of the molecule is CCn1ccnc1C(Nc1nccc(C(F)(F)F)n1)C1CCOCC1. The van der Waals surface area contributed by atoms with Crippen LogP contribution in [-0.4, -0.2) is 32.7 Å². The van der Waals surface area contributed by atoms with E-state index in [0.29, 0.717) is 13.2 Å². The van der Waals surface area contributed by atoms with Crippen molar-refractivity contribution in [3.63, 3.8) is 0 Å². The van der Waals surface area contributed by atoms with Gasteiger partial charge in [-0.15, -0.1) is 0 Å². The van der Waals surface area contributed by atoms with Gasteiger partial charge in [-0.1, -0.05) is 0 Å². The van der Waals surface area contributed by atoms with Crippen LogP contribution in [0.1, 0.15) is 37.3 Å². The maximum Gasteiger partial charge on any atom is 0.433 e. The molecule has 3 rings (SSSR count). The normalized spacial score (nSPS) is 17.4. The first-order valence-corrected chi connectivity index (χ1v) is 8.24. The van der Waals surface area contributed by atoms with Crippen molar-refractivity contribution >= 4 is 5.95 Å². The van der Waals surface area contributed by atoms with Crippen LogP contribution >= 0.6 is 0 Å². The fraction of sp³-hybridized carbons (Fsp3) is 0.562. The summed E-state index contributed by atoms with van der Waals surface area (Å²) >= 11 is 0. The number of nitrogens with one attached hydrogen (secondary N) is 1. The molecule has 0 bridgehead atoms. The van der Waals surface area contributed by atoms with Gasteiger partial charge in [-0.25, -0.2) is 15.0 Å². The van der Waals surface area contributed by atoms with E-state index in [0.717, 1.165) is 37.5 Å². The molecule has 3 heterocycles. The fourth-order valence-electron chi connectivity index (χ4n) is 3.03. The Hall–Kier alpha value is -2.16. The molecule has 0 saturated carbocycles. The number of alkyl halides is 3. The van der Waals surface area contributed by atoms with E-state index in [2.05, 4.69) is 20.3 Å². The van der Waals surface area contributed by atoms with Crippen LogP contribution in [0.25, 0.3) is 0 Å². The summed E-state index contributed by atoms with van der Waals surface area (Å²) in [4.78, 5) is 12.0. The van der Waals surface area contributed by atoms with Crippen LogP contribution in [0.5, 0.6) is 0 Å². The van der Waals surface area contributed by atoms with Gasteiger partial charge >= 0.3 is 6.18 Å². The van der Waals surface area contributed by atoms with Gasteiger partial charge in [0.25, 0.3) is 0 Å². The summed E-state index contributed by atoms with van der Waals surface area (Å²) in [5.41, 5.74) is -0.963. The highest BCUT2D eigenvalue weighted by atomic mass is 19.4. The first kappa shape index (κ1) is 17.7. The van der Waals surface area contributed by atoms with E-state index in [-0.39, 0.29) is 17.9 Å². The van der Waals surface area contributed by atoms with Crippen molar-refractivity contribution in [2.24, 2.45) is 5.92 Å². The van der Waals surface area contributed by atoms with Gasteiger partial charge in [0.15, 0.2) is 0 Å². The second-order valence-corrected chi connectivity index (χ2v) is 5.91. The fourth-order valence-corrected chi connectivity index (χ4v) is 3.03. The van der Waals surface area contributed by atoms with Crippen LogP contribution in [0, 0.1) is 5.92 Å². The standard InChI is InChI=1S/C16H20F3N5O/c1-2-24-8-7-20-14(24)13(11-4-9-25-10-5-11)23-15-21-6-3-12(22-15)16(17,18)19/h3,6-8,11,13H,2,4-5,9-10H2,1H3,(H,21,22,23). The number of aryl methyl sites for hydroxylation is 1. The molecule has 0 amide bonds. The molecule has 136 valence electrons.